The number of primary amides is 1. The number of amides is 2. The van der Waals surface area contributed by atoms with Crippen LogP contribution >= 0.6 is 0 Å². The molecule has 15 heavy (non-hydrogen) atoms. The fourth-order valence-corrected chi connectivity index (χ4v) is 0.783. The van der Waals surface area contributed by atoms with E-state index >= 15 is 0 Å². The third kappa shape index (κ3) is 2.76. The second kappa shape index (κ2) is 4.18. The fraction of sp³-hybridized carbons (Fsp3) is 0. The van der Waals surface area contributed by atoms with Gasteiger partial charge in [0.05, 0.1) is 5.56 Å². The smallest absolute Gasteiger partial charge is 0.394 e. The molecular formula is C8H7N3O4. The first-order valence-corrected chi connectivity index (χ1v) is 3.81. The van der Waals surface area contributed by atoms with Gasteiger partial charge in [-0.3, -0.25) is 9.59 Å². The van der Waals surface area contributed by atoms with E-state index in [1.54, 1.807) is 0 Å². The van der Waals surface area contributed by atoms with Gasteiger partial charge < -0.3 is 16.2 Å². The number of carbonyl (C=O) groups is 3. The summed E-state index contributed by atoms with van der Waals surface area (Å²) in [4.78, 5) is 35.1. The first kappa shape index (κ1) is 10.6. The van der Waals surface area contributed by atoms with Gasteiger partial charge in [0.2, 0.25) is 5.91 Å². The van der Waals surface area contributed by atoms with Crippen LogP contribution in [0, 0.1) is 0 Å². The van der Waals surface area contributed by atoms with Gasteiger partial charge in [0.15, 0.2) is 0 Å². The summed E-state index contributed by atoms with van der Waals surface area (Å²) in [6.07, 6.45) is 1.14. The molecule has 0 aliphatic carbocycles. The molecular weight excluding hydrogens is 202 g/mol. The molecule has 1 rings (SSSR count). The summed E-state index contributed by atoms with van der Waals surface area (Å²) in [7, 11) is 0. The Bertz CT molecular complexity index is 412. The Hall–Kier alpha value is -2.44. The van der Waals surface area contributed by atoms with E-state index in [-0.39, 0.29) is 11.4 Å². The van der Waals surface area contributed by atoms with Crippen LogP contribution in [-0.2, 0) is 9.59 Å². The maximum Gasteiger partial charge on any atom is 0.394 e. The molecule has 1 heterocycles. The number of rotatable bonds is 2. The monoisotopic (exact) mass is 209 g/mol. The summed E-state index contributed by atoms with van der Waals surface area (Å²) < 4.78 is 0. The molecule has 4 N–H and O–H groups in total. The number of aromatic nitrogens is 1. The molecule has 0 bridgehead atoms. The number of nitrogens with one attached hydrogen (secondary N) is 1. The molecule has 78 valence electrons. The summed E-state index contributed by atoms with van der Waals surface area (Å²) in [6, 6.07) is 2.60. The highest BCUT2D eigenvalue weighted by atomic mass is 16.4. The van der Waals surface area contributed by atoms with Gasteiger partial charge in [-0.2, -0.15) is 0 Å². The van der Waals surface area contributed by atoms with Crippen molar-refractivity contribution in [3.8, 4) is 0 Å². The van der Waals surface area contributed by atoms with Crippen LogP contribution in [0.2, 0.25) is 0 Å². The van der Waals surface area contributed by atoms with Crippen LogP contribution in [0.4, 0.5) is 5.82 Å². The van der Waals surface area contributed by atoms with Crippen molar-refractivity contribution in [3.63, 3.8) is 0 Å². The number of anilines is 1. The van der Waals surface area contributed by atoms with Crippen molar-refractivity contribution in [3.05, 3.63) is 23.9 Å². The summed E-state index contributed by atoms with van der Waals surface area (Å²) in [5.74, 6) is -3.43. The molecule has 0 fully saturated rings. The lowest BCUT2D eigenvalue weighted by Gasteiger charge is -2.00. The van der Waals surface area contributed by atoms with Crippen molar-refractivity contribution in [2.24, 2.45) is 5.73 Å². The lowest BCUT2D eigenvalue weighted by atomic mass is 10.3. The molecule has 2 amide bonds. The Morgan fingerprint density at radius 1 is 1.33 bits per heavy atom. The third-order valence-electron chi connectivity index (χ3n) is 1.48. The van der Waals surface area contributed by atoms with E-state index in [0.717, 1.165) is 6.20 Å². The van der Waals surface area contributed by atoms with E-state index in [0.29, 0.717) is 0 Å². The van der Waals surface area contributed by atoms with Crippen molar-refractivity contribution < 1.29 is 19.5 Å². The minimum atomic E-state index is -1.62. The van der Waals surface area contributed by atoms with E-state index in [2.05, 4.69) is 4.98 Å². The van der Waals surface area contributed by atoms with E-state index in [1.807, 2.05) is 5.32 Å². The maximum atomic E-state index is 10.7. The first-order valence-electron chi connectivity index (χ1n) is 3.81. The molecule has 0 atom stereocenters. The highest BCUT2D eigenvalue weighted by Gasteiger charge is 2.11. The van der Waals surface area contributed by atoms with Gasteiger partial charge in [-0.05, 0) is 12.1 Å². The van der Waals surface area contributed by atoms with E-state index in [1.165, 1.54) is 12.1 Å². The molecule has 0 saturated heterocycles. The second-order valence-corrected chi connectivity index (χ2v) is 2.56. The largest absolute Gasteiger partial charge is 0.474 e. The standard InChI is InChI=1S/C8H7N3O4/c9-6(12)4-1-2-5(10-3-4)11-7(13)8(14)15/h1-3H,(H2,9,12)(H,14,15)(H,10,11,13). The van der Waals surface area contributed by atoms with Crippen molar-refractivity contribution in [1.29, 1.82) is 0 Å². The number of carboxylic acids is 1. The van der Waals surface area contributed by atoms with Crippen LogP contribution in [0.3, 0.4) is 0 Å². The second-order valence-electron chi connectivity index (χ2n) is 2.56. The number of hydrogen-bond acceptors (Lipinski definition) is 4. The molecule has 0 aliphatic heterocycles. The summed E-state index contributed by atoms with van der Waals surface area (Å²) >= 11 is 0. The molecule has 0 unspecified atom stereocenters. The van der Waals surface area contributed by atoms with Gasteiger partial charge in [0.1, 0.15) is 5.82 Å². The minimum absolute atomic E-state index is 0.0346. The number of aliphatic carboxylic acids is 1. The first-order chi connectivity index (χ1) is 7.00. The average Bonchev–Trinajstić information content (AvgIpc) is 2.18. The zero-order valence-corrected chi connectivity index (χ0v) is 7.43. The number of hydrogen-bond donors (Lipinski definition) is 3. The predicted octanol–water partition coefficient (Wildman–Crippen LogP) is -0.796. The topological polar surface area (TPSA) is 122 Å². The lowest BCUT2D eigenvalue weighted by molar-refractivity contribution is -0.147. The van der Waals surface area contributed by atoms with Crippen LogP contribution in [0.5, 0.6) is 0 Å². The molecule has 0 aliphatic rings. The molecule has 1 aromatic rings. The van der Waals surface area contributed by atoms with Crippen molar-refractivity contribution in [2.45, 2.75) is 0 Å². The van der Waals surface area contributed by atoms with Crippen LogP contribution < -0.4 is 11.1 Å². The van der Waals surface area contributed by atoms with Gasteiger partial charge in [-0.15, -0.1) is 0 Å². The Kier molecular flexibility index (Phi) is 2.97. The highest BCUT2D eigenvalue weighted by Crippen LogP contribution is 2.04. The minimum Gasteiger partial charge on any atom is -0.474 e. The molecule has 0 spiro atoms. The van der Waals surface area contributed by atoms with Gasteiger partial charge >= 0.3 is 11.9 Å². The van der Waals surface area contributed by atoms with Crippen LogP contribution in [-0.4, -0.2) is 27.9 Å². The Labute approximate surface area is 83.9 Å². The van der Waals surface area contributed by atoms with Crippen molar-refractivity contribution >= 4 is 23.6 Å². The van der Waals surface area contributed by atoms with Crippen molar-refractivity contribution in [1.82, 2.24) is 4.98 Å². The van der Waals surface area contributed by atoms with Gasteiger partial charge in [0, 0.05) is 6.20 Å². The fourth-order valence-electron chi connectivity index (χ4n) is 0.783. The Balaban J connectivity index is 2.77. The SMILES string of the molecule is NC(=O)c1ccc(NC(=O)C(=O)O)nc1. The van der Waals surface area contributed by atoms with E-state index in [4.69, 9.17) is 10.8 Å². The highest BCUT2D eigenvalue weighted by molar-refractivity contribution is 6.36. The molecule has 0 aromatic carbocycles. The van der Waals surface area contributed by atoms with Crippen molar-refractivity contribution in [2.75, 3.05) is 5.32 Å². The molecule has 0 saturated carbocycles. The zero-order valence-electron chi connectivity index (χ0n) is 7.43. The maximum absolute atomic E-state index is 10.7. The molecule has 1 aromatic heterocycles. The molecule has 7 heteroatoms. The average molecular weight is 209 g/mol. The van der Waals surface area contributed by atoms with E-state index in [9.17, 15) is 14.4 Å². The third-order valence-corrected chi connectivity index (χ3v) is 1.48. The summed E-state index contributed by atoms with van der Waals surface area (Å²) in [6.45, 7) is 0. The Morgan fingerprint density at radius 3 is 2.40 bits per heavy atom. The Morgan fingerprint density at radius 2 is 2.00 bits per heavy atom. The number of carboxylic acid groups (broad SMARTS) is 1. The van der Waals surface area contributed by atoms with Crippen LogP contribution in [0.1, 0.15) is 10.4 Å². The number of nitrogens with zero attached hydrogens (tertiary/aromatic N) is 1. The van der Waals surface area contributed by atoms with Gasteiger partial charge in [-0.25, -0.2) is 9.78 Å². The molecule has 0 radical (unpaired) electrons. The van der Waals surface area contributed by atoms with E-state index < -0.39 is 17.8 Å². The summed E-state index contributed by atoms with van der Waals surface area (Å²) in [5.41, 5.74) is 5.12. The number of nitrogens with two attached hydrogens (primary N) is 1. The van der Waals surface area contributed by atoms with Crippen LogP contribution in [0.25, 0.3) is 0 Å². The number of carbonyl (C=O) groups excluding carboxylic acids is 2. The molecule has 7 nitrogen and oxygen atoms in total. The predicted molar refractivity (Wildman–Crippen MR) is 49.0 cm³/mol. The normalized spacial score (nSPS) is 9.33. The summed E-state index contributed by atoms with van der Waals surface area (Å²) in [5, 5.41) is 10.3. The van der Waals surface area contributed by atoms with Gasteiger partial charge in [0.25, 0.3) is 0 Å². The van der Waals surface area contributed by atoms with Gasteiger partial charge in [-0.1, -0.05) is 0 Å². The quantitative estimate of drug-likeness (QED) is 0.550. The number of pyridine rings is 1. The van der Waals surface area contributed by atoms with Crippen LogP contribution in [0.15, 0.2) is 18.3 Å². The lowest BCUT2D eigenvalue weighted by Crippen LogP contribution is -2.22. The zero-order chi connectivity index (χ0) is 11.4.